The lowest BCUT2D eigenvalue weighted by atomic mass is 10.1. The summed E-state index contributed by atoms with van der Waals surface area (Å²) in [5.74, 6) is -1.32. The molecule has 1 aliphatic heterocycles. The lowest BCUT2D eigenvalue weighted by Crippen LogP contribution is -2.54. The Kier molecular flexibility index (Phi) is 8.83. The molecule has 0 radical (unpaired) electrons. The molecule has 4 aromatic carbocycles. The van der Waals surface area contributed by atoms with E-state index in [1.54, 1.807) is 24.3 Å². The minimum atomic E-state index is -4.20. The molecule has 0 spiro atoms. The van der Waals surface area contributed by atoms with E-state index in [0.717, 1.165) is 16.0 Å². The number of benzene rings is 4. The molecule has 1 saturated heterocycles. The molecule has 0 aliphatic carbocycles. The van der Waals surface area contributed by atoms with Crippen molar-refractivity contribution < 1.29 is 36.5 Å². The molecule has 0 unspecified atom stereocenters. The maximum Gasteiger partial charge on any atom is 0.339 e. The van der Waals surface area contributed by atoms with E-state index in [1.165, 1.54) is 49.6 Å². The van der Waals surface area contributed by atoms with Gasteiger partial charge in [0.05, 0.1) is 17.3 Å². The number of hydrogen-bond donors (Lipinski definition) is 1. The zero-order chi connectivity index (χ0) is 31.4. The molecule has 0 bridgehead atoms. The molecular formula is C32H25BrN2O8S. The second-order valence-electron chi connectivity index (χ2n) is 9.61. The average Bonchev–Trinajstić information content (AvgIpc) is 3.00. The van der Waals surface area contributed by atoms with Gasteiger partial charge in [0.1, 0.15) is 22.8 Å². The third kappa shape index (κ3) is 6.66. The van der Waals surface area contributed by atoms with Crippen molar-refractivity contribution in [3.63, 3.8) is 0 Å². The molecule has 12 heteroatoms. The highest BCUT2D eigenvalue weighted by Gasteiger charge is 2.37. The van der Waals surface area contributed by atoms with E-state index in [9.17, 15) is 22.8 Å². The molecule has 224 valence electrons. The van der Waals surface area contributed by atoms with Crippen LogP contribution in [0.3, 0.4) is 0 Å². The zero-order valence-electron chi connectivity index (χ0n) is 23.4. The van der Waals surface area contributed by atoms with Gasteiger partial charge in [-0.3, -0.25) is 14.9 Å². The number of rotatable bonds is 9. The molecule has 0 saturated carbocycles. The van der Waals surface area contributed by atoms with Crippen LogP contribution in [-0.2, 0) is 26.3 Å². The Hall–Kier alpha value is -4.94. The van der Waals surface area contributed by atoms with Crippen LogP contribution in [0.2, 0.25) is 0 Å². The normalized spacial score (nSPS) is 14.4. The summed E-state index contributed by atoms with van der Waals surface area (Å²) in [6.07, 6.45) is 1.26. The largest absolute Gasteiger partial charge is 0.493 e. The van der Waals surface area contributed by atoms with E-state index in [-0.39, 0.29) is 32.1 Å². The van der Waals surface area contributed by atoms with Crippen LogP contribution in [0.5, 0.6) is 17.2 Å². The number of ether oxygens (including phenoxy) is 2. The number of carbonyl (C=O) groups excluding carboxylic acids is 3. The number of imide groups is 2. The maximum absolute atomic E-state index is 13.4. The first-order valence-electron chi connectivity index (χ1n) is 13.1. The van der Waals surface area contributed by atoms with Gasteiger partial charge < -0.3 is 13.7 Å². The van der Waals surface area contributed by atoms with Crippen LogP contribution in [0.4, 0.5) is 10.5 Å². The number of urea groups is 1. The van der Waals surface area contributed by atoms with Gasteiger partial charge in [-0.1, -0.05) is 48.0 Å². The van der Waals surface area contributed by atoms with Crippen LogP contribution in [0, 0.1) is 6.92 Å². The highest BCUT2D eigenvalue weighted by atomic mass is 79.9. The summed E-state index contributed by atoms with van der Waals surface area (Å²) < 4.78 is 42.5. The van der Waals surface area contributed by atoms with Gasteiger partial charge in [-0.25, -0.2) is 9.69 Å². The molecule has 0 atom stereocenters. The van der Waals surface area contributed by atoms with Crippen LogP contribution in [0.15, 0.2) is 106 Å². The summed E-state index contributed by atoms with van der Waals surface area (Å²) in [5, 5.41) is 2.18. The van der Waals surface area contributed by atoms with Crippen LogP contribution < -0.4 is 23.9 Å². The smallest absolute Gasteiger partial charge is 0.339 e. The standard InChI is InChI=1S/C32H25BrN2O8S/c1-20-8-14-25(15-9-20)44(39,40)43-29-27(33)17-22(18-28(29)41-2)16-26-30(36)34-32(38)35(31(26)37)23-10-12-24(13-11-23)42-19-21-6-4-3-5-7-21/h3-18H,19H2,1-2H3,(H,34,36,38)/b26-16+. The highest BCUT2D eigenvalue weighted by molar-refractivity contribution is 9.10. The zero-order valence-corrected chi connectivity index (χ0v) is 25.8. The van der Waals surface area contributed by atoms with Crippen LogP contribution in [-0.4, -0.2) is 33.4 Å². The molecule has 1 fully saturated rings. The van der Waals surface area contributed by atoms with E-state index in [2.05, 4.69) is 21.2 Å². The van der Waals surface area contributed by atoms with Crippen LogP contribution in [0.25, 0.3) is 6.08 Å². The van der Waals surface area contributed by atoms with Gasteiger partial charge in [-0.2, -0.15) is 8.42 Å². The number of carbonyl (C=O) groups is 3. The van der Waals surface area contributed by atoms with Gasteiger partial charge in [0.15, 0.2) is 11.5 Å². The van der Waals surface area contributed by atoms with Gasteiger partial charge in [0.2, 0.25) is 0 Å². The summed E-state index contributed by atoms with van der Waals surface area (Å²) in [6, 6.07) is 24.0. The number of hydrogen-bond acceptors (Lipinski definition) is 8. The second-order valence-corrected chi connectivity index (χ2v) is 12.0. The Morgan fingerprint density at radius 3 is 2.25 bits per heavy atom. The summed E-state index contributed by atoms with van der Waals surface area (Å²) in [4.78, 5) is 39.6. The quantitative estimate of drug-likeness (QED) is 0.134. The molecular weight excluding hydrogens is 652 g/mol. The Morgan fingerprint density at radius 1 is 0.909 bits per heavy atom. The number of nitrogens with zero attached hydrogens (tertiary/aromatic N) is 1. The van der Waals surface area contributed by atoms with Crippen molar-refractivity contribution in [1.82, 2.24) is 5.32 Å². The fourth-order valence-electron chi connectivity index (χ4n) is 4.26. The Labute approximate surface area is 262 Å². The maximum atomic E-state index is 13.4. The van der Waals surface area contributed by atoms with Crippen molar-refractivity contribution in [2.45, 2.75) is 18.4 Å². The van der Waals surface area contributed by atoms with Crippen molar-refractivity contribution in [2.24, 2.45) is 0 Å². The monoisotopic (exact) mass is 676 g/mol. The van der Waals surface area contributed by atoms with Crippen molar-refractivity contribution in [1.29, 1.82) is 0 Å². The fourth-order valence-corrected chi connectivity index (χ4v) is 5.86. The number of nitrogens with one attached hydrogen (secondary N) is 1. The first-order chi connectivity index (χ1) is 21.1. The van der Waals surface area contributed by atoms with Crippen molar-refractivity contribution >= 4 is 55.7 Å². The Morgan fingerprint density at radius 2 is 1.59 bits per heavy atom. The van der Waals surface area contributed by atoms with Crippen molar-refractivity contribution in [2.75, 3.05) is 12.0 Å². The van der Waals surface area contributed by atoms with Gasteiger partial charge in [0, 0.05) is 0 Å². The minimum absolute atomic E-state index is 0.0182. The highest BCUT2D eigenvalue weighted by Crippen LogP contribution is 2.39. The molecule has 44 heavy (non-hydrogen) atoms. The predicted octanol–water partition coefficient (Wildman–Crippen LogP) is 5.78. The topological polar surface area (TPSA) is 128 Å². The third-order valence-corrected chi connectivity index (χ3v) is 8.34. The van der Waals surface area contributed by atoms with Gasteiger partial charge in [-0.15, -0.1) is 0 Å². The first kappa shape index (κ1) is 30.5. The summed E-state index contributed by atoms with van der Waals surface area (Å²) in [5.41, 5.74) is 2.05. The molecule has 4 amide bonds. The molecule has 5 rings (SSSR count). The SMILES string of the molecule is COc1cc(/C=C2\C(=O)NC(=O)N(c3ccc(OCc4ccccc4)cc3)C2=O)cc(Br)c1OS(=O)(=O)c1ccc(C)cc1. The van der Waals surface area contributed by atoms with Gasteiger partial charge in [0.25, 0.3) is 11.8 Å². The molecule has 1 N–H and O–H groups in total. The lowest BCUT2D eigenvalue weighted by molar-refractivity contribution is -0.122. The van der Waals surface area contributed by atoms with Gasteiger partial charge in [-0.05, 0) is 88.6 Å². The molecule has 1 aliphatic rings. The van der Waals surface area contributed by atoms with Crippen LogP contribution in [0.1, 0.15) is 16.7 Å². The number of anilines is 1. The summed E-state index contributed by atoms with van der Waals surface area (Å²) in [6.45, 7) is 2.17. The van der Waals surface area contributed by atoms with Crippen LogP contribution >= 0.6 is 15.9 Å². The number of amides is 4. The summed E-state index contributed by atoms with van der Waals surface area (Å²) in [7, 11) is -2.89. The lowest BCUT2D eigenvalue weighted by Gasteiger charge is -2.26. The molecule has 4 aromatic rings. The van der Waals surface area contributed by atoms with Crippen molar-refractivity contribution in [3.05, 3.63) is 118 Å². The summed E-state index contributed by atoms with van der Waals surface area (Å²) >= 11 is 3.30. The number of aryl methyl sites for hydroxylation is 1. The molecule has 1 heterocycles. The molecule has 10 nitrogen and oxygen atoms in total. The van der Waals surface area contributed by atoms with E-state index < -0.39 is 28.0 Å². The average molecular weight is 678 g/mol. The van der Waals surface area contributed by atoms with E-state index in [1.807, 2.05) is 37.3 Å². The van der Waals surface area contributed by atoms with E-state index in [4.69, 9.17) is 13.7 Å². The minimum Gasteiger partial charge on any atom is -0.493 e. The van der Waals surface area contributed by atoms with E-state index in [0.29, 0.717) is 17.9 Å². The van der Waals surface area contributed by atoms with Gasteiger partial charge >= 0.3 is 16.1 Å². The Balaban J connectivity index is 1.38. The first-order valence-corrected chi connectivity index (χ1v) is 15.3. The number of methoxy groups -OCH3 is 1. The Bertz CT molecular complexity index is 1870. The van der Waals surface area contributed by atoms with E-state index >= 15 is 0 Å². The predicted molar refractivity (Wildman–Crippen MR) is 166 cm³/mol. The molecule has 0 aromatic heterocycles. The third-order valence-electron chi connectivity index (χ3n) is 6.51. The number of barbiturate groups is 1. The van der Waals surface area contributed by atoms with Crippen molar-refractivity contribution in [3.8, 4) is 17.2 Å². The fraction of sp³-hybridized carbons (Fsp3) is 0.0938. The second kappa shape index (κ2) is 12.7. The number of halogens is 1.